The molecule has 1 heterocycles. The second-order valence-corrected chi connectivity index (χ2v) is 7.68. The SMILES string of the molecule is CCOCC1CCCN(S(=O)(=O)Cc2ccccc2C)C1. The molecule has 1 aliphatic rings. The van der Waals surface area contributed by atoms with Gasteiger partial charge in [-0.05, 0) is 43.7 Å². The summed E-state index contributed by atoms with van der Waals surface area (Å²) in [5.41, 5.74) is 1.92. The number of hydrogen-bond donors (Lipinski definition) is 0. The highest BCUT2D eigenvalue weighted by molar-refractivity contribution is 7.88. The Labute approximate surface area is 128 Å². The van der Waals surface area contributed by atoms with Gasteiger partial charge in [0, 0.05) is 19.7 Å². The lowest BCUT2D eigenvalue weighted by Gasteiger charge is -2.31. The number of nitrogens with zero attached hydrogens (tertiary/aromatic N) is 1. The van der Waals surface area contributed by atoms with Crippen LogP contribution in [0.3, 0.4) is 0 Å². The van der Waals surface area contributed by atoms with Crippen molar-refractivity contribution < 1.29 is 13.2 Å². The van der Waals surface area contributed by atoms with Crippen LogP contribution in [0.5, 0.6) is 0 Å². The minimum absolute atomic E-state index is 0.0982. The first kappa shape index (κ1) is 16.5. The van der Waals surface area contributed by atoms with E-state index in [-0.39, 0.29) is 5.75 Å². The van der Waals surface area contributed by atoms with E-state index < -0.39 is 10.0 Å². The van der Waals surface area contributed by atoms with Crippen molar-refractivity contribution in [1.82, 2.24) is 4.31 Å². The number of ether oxygens (including phenoxy) is 1. The average Bonchev–Trinajstić information content (AvgIpc) is 2.48. The third-order valence-corrected chi connectivity index (χ3v) is 5.83. The second kappa shape index (κ2) is 7.38. The quantitative estimate of drug-likeness (QED) is 0.811. The summed E-state index contributed by atoms with van der Waals surface area (Å²) < 4.78 is 32.3. The molecule has 0 aliphatic carbocycles. The minimum atomic E-state index is -3.24. The van der Waals surface area contributed by atoms with E-state index in [1.807, 2.05) is 38.1 Å². The summed E-state index contributed by atoms with van der Waals surface area (Å²) in [6.45, 7) is 6.50. The summed E-state index contributed by atoms with van der Waals surface area (Å²) in [5.74, 6) is 0.423. The molecule has 0 spiro atoms. The number of sulfonamides is 1. The zero-order valence-electron chi connectivity index (χ0n) is 12.9. The number of piperidine rings is 1. The Balaban J connectivity index is 2.03. The van der Waals surface area contributed by atoms with Crippen LogP contribution < -0.4 is 0 Å². The molecule has 0 bridgehead atoms. The molecule has 1 atom stereocenters. The smallest absolute Gasteiger partial charge is 0.218 e. The summed E-state index contributed by atoms with van der Waals surface area (Å²) in [7, 11) is -3.24. The third-order valence-electron chi connectivity index (χ3n) is 4.03. The first-order chi connectivity index (χ1) is 10.0. The summed E-state index contributed by atoms with van der Waals surface area (Å²) in [6, 6.07) is 7.68. The molecule has 0 radical (unpaired) electrons. The fourth-order valence-electron chi connectivity index (χ4n) is 2.76. The van der Waals surface area contributed by atoms with Crippen LogP contribution in [0.15, 0.2) is 24.3 Å². The zero-order chi connectivity index (χ0) is 15.3. The highest BCUT2D eigenvalue weighted by atomic mass is 32.2. The van der Waals surface area contributed by atoms with Gasteiger partial charge in [-0.15, -0.1) is 0 Å². The fraction of sp³-hybridized carbons (Fsp3) is 0.625. The number of hydrogen-bond acceptors (Lipinski definition) is 3. The third kappa shape index (κ3) is 4.53. The van der Waals surface area contributed by atoms with E-state index in [1.165, 1.54) is 0 Å². The monoisotopic (exact) mass is 311 g/mol. The Morgan fingerprint density at radius 3 is 2.81 bits per heavy atom. The van der Waals surface area contributed by atoms with Gasteiger partial charge in [-0.2, -0.15) is 0 Å². The van der Waals surface area contributed by atoms with Crippen LogP contribution >= 0.6 is 0 Å². The maximum Gasteiger partial charge on any atom is 0.218 e. The van der Waals surface area contributed by atoms with Crippen molar-refractivity contribution in [3.63, 3.8) is 0 Å². The van der Waals surface area contributed by atoms with Gasteiger partial charge in [-0.3, -0.25) is 0 Å². The molecular weight excluding hydrogens is 286 g/mol. The van der Waals surface area contributed by atoms with Crippen molar-refractivity contribution in [2.45, 2.75) is 32.4 Å². The highest BCUT2D eigenvalue weighted by Crippen LogP contribution is 2.22. The predicted molar refractivity (Wildman–Crippen MR) is 84.6 cm³/mol. The van der Waals surface area contributed by atoms with Gasteiger partial charge in [-0.1, -0.05) is 24.3 Å². The van der Waals surface area contributed by atoms with Crippen LogP contribution in [0.2, 0.25) is 0 Å². The maximum absolute atomic E-state index is 12.6. The van der Waals surface area contributed by atoms with Crippen LogP contribution in [0, 0.1) is 12.8 Å². The van der Waals surface area contributed by atoms with Gasteiger partial charge < -0.3 is 4.74 Å². The fourth-order valence-corrected chi connectivity index (χ4v) is 4.50. The molecule has 1 aromatic carbocycles. The summed E-state index contributed by atoms with van der Waals surface area (Å²) in [5, 5.41) is 0. The van der Waals surface area contributed by atoms with E-state index in [1.54, 1.807) is 4.31 Å². The molecule has 1 aliphatic heterocycles. The maximum atomic E-state index is 12.6. The van der Waals surface area contributed by atoms with Crippen molar-refractivity contribution in [1.29, 1.82) is 0 Å². The standard InChI is InChI=1S/C16H25NO3S/c1-3-20-12-15-8-6-10-17(11-15)21(18,19)13-16-9-5-4-7-14(16)2/h4-5,7,9,15H,3,6,8,10-13H2,1-2H3. The van der Waals surface area contributed by atoms with Gasteiger partial charge in [0.2, 0.25) is 10.0 Å². The van der Waals surface area contributed by atoms with Crippen LogP contribution in [0.1, 0.15) is 30.9 Å². The van der Waals surface area contributed by atoms with E-state index in [0.29, 0.717) is 32.2 Å². The Hall–Kier alpha value is -0.910. The summed E-state index contributed by atoms with van der Waals surface area (Å²) in [6.07, 6.45) is 1.97. The topological polar surface area (TPSA) is 46.6 Å². The summed E-state index contributed by atoms with van der Waals surface area (Å²) in [4.78, 5) is 0. The van der Waals surface area contributed by atoms with Gasteiger partial charge in [0.25, 0.3) is 0 Å². The van der Waals surface area contributed by atoms with Crippen LogP contribution in [-0.2, 0) is 20.5 Å². The lowest BCUT2D eigenvalue weighted by molar-refractivity contribution is 0.0864. The van der Waals surface area contributed by atoms with E-state index >= 15 is 0 Å². The molecule has 0 N–H and O–H groups in total. The van der Waals surface area contributed by atoms with Crippen molar-refractivity contribution in [3.05, 3.63) is 35.4 Å². The van der Waals surface area contributed by atoms with Crippen molar-refractivity contribution in [2.24, 2.45) is 5.92 Å². The van der Waals surface area contributed by atoms with Crippen molar-refractivity contribution in [2.75, 3.05) is 26.3 Å². The van der Waals surface area contributed by atoms with Crippen LogP contribution in [0.4, 0.5) is 0 Å². The molecule has 5 heteroatoms. The number of rotatable bonds is 6. The highest BCUT2D eigenvalue weighted by Gasteiger charge is 2.29. The first-order valence-electron chi connectivity index (χ1n) is 7.63. The molecule has 4 nitrogen and oxygen atoms in total. The zero-order valence-corrected chi connectivity index (χ0v) is 13.7. The molecule has 1 unspecified atom stereocenters. The van der Waals surface area contributed by atoms with Crippen molar-refractivity contribution >= 4 is 10.0 Å². The Bertz CT molecular complexity index is 556. The Kier molecular flexibility index (Phi) is 5.79. The normalized spacial score (nSPS) is 20.6. The van der Waals surface area contributed by atoms with Crippen LogP contribution in [-0.4, -0.2) is 39.0 Å². The van der Waals surface area contributed by atoms with E-state index in [0.717, 1.165) is 24.0 Å². The molecule has 1 saturated heterocycles. The molecular formula is C16H25NO3S. The first-order valence-corrected chi connectivity index (χ1v) is 9.24. The lowest BCUT2D eigenvalue weighted by Crippen LogP contribution is -2.41. The van der Waals surface area contributed by atoms with Crippen LogP contribution in [0.25, 0.3) is 0 Å². The van der Waals surface area contributed by atoms with E-state index in [4.69, 9.17) is 4.74 Å². The van der Waals surface area contributed by atoms with Gasteiger partial charge in [-0.25, -0.2) is 12.7 Å². The molecule has 2 rings (SSSR count). The molecule has 0 saturated carbocycles. The second-order valence-electron chi connectivity index (χ2n) is 5.71. The largest absolute Gasteiger partial charge is 0.381 e. The molecule has 118 valence electrons. The van der Waals surface area contributed by atoms with Gasteiger partial charge in [0.15, 0.2) is 0 Å². The predicted octanol–water partition coefficient (Wildman–Crippen LogP) is 2.57. The van der Waals surface area contributed by atoms with Gasteiger partial charge >= 0.3 is 0 Å². The molecule has 0 amide bonds. The Morgan fingerprint density at radius 2 is 2.10 bits per heavy atom. The Morgan fingerprint density at radius 1 is 1.33 bits per heavy atom. The number of benzene rings is 1. The van der Waals surface area contributed by atoms with E-state index in [2.05, 4.69) is 0 Å². The lowest BCUT2D eigenvalue weighted by atomic mass is 10.0. The van der Waals surface area contributed by atoms with Gasteiger partial charge in [0.05, 0.1) is 12.4 Å². The minimum Gasteiger partial charge on any atom is -0.381 e. The molecule has 0 aromatic heterocycles. The average molecular weight is 311 g/mol. The number of aryl methyl sites for hydroxylation is 1. The van der Waals surface area contributed by atoms with Gasteiger partial charge in [0.1, 0.15) is 0 Å². The van der Waals surface area contributed by atoms with Crippen molar-refractivity contribution in [3.8, 4) is 0 Å². The molecule has 1 aromatic rings. The van der Waals surface area contributed by atoms with E-state index in [9.17, 15) is 8.42 Å². The molecule has 1 fully saturated rings. The molecule has 21 heavy (non-hydrogen) atoms. The summed E-state index contributed by atoms with van der Waals surface area (Å²) >= 11 is 0.